The first kappa shape index (κ1) is 8.29. The van der Waals surface area contributed by atoms with Crippen molar-refractivity contribution in [3.8, 4) is 0 Å². The molecule has 4 nitrogen and oxygen atoms in total. The molecule has 1 fully saturated rings. The van der Waals surface area contributed by atoms with Gasteiger partial charge in [-0.2, -0.15) is 0 Å². The molecule has 4 heteroatoms. The molecule has 2 rings (SSSR count). The molecule has 70 valence electrons. The number of rotatable bonds is 1. The Labute approximate surface area is 77.8 Å². The number of anilines is 2. The van der Waals surface area contributed by atoms with Crippen molar-refractivity contribution in [3.05, 3.63) is 12.4 Å². The molecule has 0 aromatic carbocycles. The molecule has 0 bridgehead atoms. The van der Waals surface area contributed by atoms with Gasteiger partial charge in [0.25, 0.3) is 0 Å². The number of nitrogens with zero attached hydrogens (tertiary/aromatic N) is 3. The van der Waals surface area contributed by atoms with Gasteiger partial charge >= 0.3 is 0 Å². The van der Waals surface area contributed by atoms with Gasteiger partial charge in [0.05, 0.1) is 12.4 Å². The average molecular weight is 178 g/mol. The van der Waals surface area contributed by atoms with Crippen molar-refractivity contribution >= 4 is 11.6 Å². The Hall–Kier alpha value is -1.32. The van der Waals surface area contributed by atoms with Crippen molar-refractivity contribution in [1.82, 2.24) is 9.97 Å². The SMILES string of the molecule is CC1CCN(c2cncc(N)n2)C1. The number of nitrogens with two attached hydrogens (primary N) is 1. The highest BCUT2D eigenvalue weighted by atomic mass is 15.2. The molecule has 0 aliphatic carbocycles. The lowest BCUT2D eigenvalue weighted by molar-refractivity contribution is 0.659. The van der Waals surface area contributed by atoms with E-state index in [0.717, 1.165) is 24.8 Å². The van der Waals surface area contributed by atoms with Gasteiger partial charge in [0.2, 0.25) is 0 Å². The first-order valence-electron chi connectivity index (χ1n) is 4.58. The van der Waals surface area contributed by atoms with Crippen LogP contribution in [0.2, 0.25) is 0 Å². The molecule has 1 aliphatic heterocycles. The van der Waals surface area contributed by atoms with E-state index in [1.807, 2.05) is 0 Å². The molecular weight excluding hydrogens is 164 g/mol. The lowest BCUT2D eigenvalue weighted by Crippen LogP contribution is -2.20. The van der Waals surface area contributed by atoms with Crippen LogP contribution in [0.3, 0.4) is 0 Å². The number of hydrogen-bond acceptors (Lipinski definition) is 4. The molecule has 1 aliphatic rings. The van der Waals surface area contributed by atoms with Crippen LogP contribution in [0.15, 0.2) is 12.4 Å². The molecule has 2 N–H and O–H groups in total. The summed E-state index contributed by atoms with van der Waals surface area (Å²) in [6, 6.07) is 0. The zero-order valence-electron chi connectivity index (χ0n) is 7.77. The van der Waals surface area contributed by atoms with E-state index in [-0.39, 0.29) is 0 Å². The minimum atomic E-state index is 0.497. The zero-order chi connectivity index (χ0) is 9.26. The Bertz CT molecular complexity index is 299. The average Bonchev–Trinajstić information content (AvgIpc) is 2.52. The van der Waals surface area contributed by atoms with Crippen LogP contribution in [-0.2, 0) is 0 Å². The molecule has 0 radical (unpaired) electrons. The second-order valence-electron chi connectivity index (χ2n) is 3.64. The maximum absolute atomic E-state index is 5.56. The van der Waals surface area contributed by atoms with Gasteiger partial charge in [-0.1, -0.05) is 6.92 Å². The van der Waals surface area contributed by atoms with Gasteiger partial charge in [0, 0.05) is 13.1 Å². The Morgan fingerprint density at radius 2 is 2.38 bits per heavy atom. The van der Waals surface area contributed by atoms with Crippen molar-refractivity contribution in [2.75, 3.05) is 23.7 Å². The van der Waals surface area contributed by atoms with Gasteiger partial charge in [0.15, 0.2) is 0 Å². The third kappa shape index (κ3) is 1.71. The summed E-state index contributed by atoms with van der Waals surface area (Å²) in [6.07, 6.45) is 4.58. The summed E-state index contributed by atoms with van der Waals surface area (Å²) in [7, 11) is 0. The van der Waals surface area contributed by atoms with E-state index in [1.54, 1.807) is 12.4 Å². The third-order valence-electron chi connectivity index (χ3n) is 2.39. The van der Waals surface area contributed by atoms with Crippen molar-refractivity contribution in [2.45, 2.75) is 13.3 Å². The second kappa shape index (κ2) is 3.20. The minimum absolute atomic E-state index is 0.497. The fourth-order valence-corrected chi connectivity index (χ4v) is 1.67. The minimum Gasteiger partial charge on any atom is -0.382 e. The molecule has 1 saturated heterocycles. The molecule has 0 saturated carbocycles. The maximum atomic E-state index is 5.56. The predicted octanol–water partition coefficient (Wildman–Crippen LogP) is 0.905. The van der Waals surface area contributed by atoms with Crippen molar-refractivity contribution in [1.29, 1.82) is 0 Å². The highest BCUT2D eigenvalue weighted by molar-refractivity contribution is 5.42. The normalized spacial score (nSPS) is 22.2. The summed E-state index contributed by atoms with van der Waals surface area (Å²) in [5.74, 6) is 2.16. The zero-order valence-corrected chi connectivity index (χ0v) is 7.77. The molecule has 1 aromatic rings. The lowest BCUT2D eigenvalue weighted by atomic mass is 10.2. The van der Waals surface area contributed by atoms with Gasteiger partial charge in [-0.15, -0.1) is 0 Å². The van der Waals surface area contributed by atoms with E-state index in [4.69, 9.17) is 5.73 Å². The smallest absolute Gasteiger partial charge is 0.149 e. The van der Waals surface area contributed by atoms with E-state index in [0.29, 0.717) is 5.82 Å². The van der Waals surface area contributed by atoms with Gasteiger partial charge in [-0.05, 0) is 12.3 Å². The fourth-order valence-electron chi connectivity index (χ4n) is 1.67. The van der Waals surface area contributed by atoms with Crippen LogP contribution in [0.5, 0.6) is 0 Å². The monoisotopic (exact) mass is 178 g/mol. The van der Waals surface area contributed by atoms with Crippen LogP contribution in [0.25, 0.3) is 0 Å². The Kier molecular flexibility index (Phi) is 2.04. The van der Waals surface area contributed by atoms with Crippen LogP contribution in [0, 0.1) is 5.92 Å². The van der Waals surface area contributed by atoms with Crippen molar-refractivity contribution < 1.29 is 0 Å². The summed E-state index contributed by atoms with van der Waals surface area (Å²) in [4.78, 5) is 10.5. The molecule has 1 unspecified atom stereocenters. The molecule has 1 atom stereocenters. The van der Waals surface area contributed by atoms with E-state index < -0.39 is 0 Å². The molecule has 13 heavy (non-hydrogen) atoms. The summed E-state index contributed by atoms with van der Waals surface area (Å²) in [6.45, 7) is 4.39. The molecule has 2 heterocycles. The van der Waals surface area contributed by atoms with E-state index in [9.17, 15) is 0 Å². The molecule has 1 aromatic heterocycles. The molecule has 0 spiro atoms. The number of nitrogen functional groups attached to an aromatic ring is 1. The molecular formula is C9H14N4. The van der Waals surface area contributed by atoms with Crippen molar-refractivity contribution in [3.63, 3.8) is 0 Å². The van der Waals surface area contributed by atoms with Crippen LogP contribution in [0.1, 0.15) is 13.3 Å². The Morgan fingerprint density at radius 1 is 1.54 bits per heavy atom. The number of aromatic nitrogens is 2. The van der Waals surface area contributed by atoms with E-state index >= 15 is 0 Å². The highest BCUT2D eigenvalue weighted by Gasteiger charge is 2.19. The predicted molar refractivity (Wildman–Crippen MR) is 52.4 cm³/mol. The summed E-state index contributed by atoms with van der Waals surface area (Å²) < 4.78 is 0. The molecule has 0 amide bonds. The van der Waals surface area contributed by atoms with Gasteiger partial charge in [-0.25, -0.2) is 4.98 Å². The summed E-state index contributed by atoms with van der Waals surface area (Å²) in [5, 5.41) is 0. The van der Waals surface area contributed by atoms with Gasteiger partial charge < -0.3 is 10.6 Å². The topological polar surface area (TPSA) is 55.0 Å². The maximum Gasteiger partial charge on any atom is 0.149 e. The van der Waals surface area contributed by atoms with Gasteiger partial charge in [-0.3, -0.25) is 4.98 Å². The lowest BCUT2D eigenvalue weighted by Gasteiger charge is -2.16. The summed E-state index contributed by atoms with van der Waals surface area (Å²) >= 11 is 0. The number of hydrogen-bond donors (Lipinski definition) is 1. The van der Waals surface area contributed by atoms with Crippen LogP contribution < -0.4 is 10.6 Å². The van der Waals surface area contributed by atoms with Gasteiger partial charge in [0.1, 0.15) is 11.6 Å². The van der Waals surface area contributed by atoms with Crippen LogP contribution >= 0.6 is 0 Å². The third-order valence-corrected chi connectivity index (χ3v) is 2.39. The summed E-state index contributed by atoms with van der Waals surface area (Å²) in [5.41, 5.74) is 5.56. The Morgan fingerprint density at radius 3 is 3.00 bits per heavy atom. The largest absolute Gasteiger partial charge is 0.382 e. The standard InChI is InChI=1S/C9H14N4/c1-7-2-3-13(6-7)9-5-11-4-8(10)12-9/h4-5,7H,2-3,6H2,1H3,(H2,10,12). The van der Waals surface area contributed by atoms with Crippen LogP contribution in [-0.4, -0.2) is 23.1 Å². The first-order chi connectivity index (χ1) is 6.25. The van der Waals surface area contributed by atoms with E-state index in [1.165, 1.54) is 6.42 Å². The fraction of sp³-hybridized carbons (Fsp3) is 0.556. The first-order valence-corrected chi connectivity index (χ1v) is 4.58. The van der Waals surface area contributed by atoms with E-state index in [2.05, 4.69) is 21.8 Å². The van der Waals surface area contributed by atoms with Crippen molar-refractivity contribution in [2.24, 2.45) is 5.92 Å². The van der Waals surface area contributed by atoms with Crippen LogP contribution in [0.4, 0.5) is 11.6 Å². The highest BCUT2D eigenvalue weighted by Crippen LogP contribution is 2.21. The second-order valence-corrected chi connectivity index (χ2v) is 3.64. The quantitative estimate of drug-likeness (QED) is 0.694. The Balaban J connectivity index is 2.16.